The van der Waals surface area contributed by atoms with Gasteiger partial charge in [-0.3, -0.25) is 19.0 Å². The molecule has 0 aliphatic heterocycles. The van der Waals surface area contributed by atoms with Crippen LogP contribution in [0, 0.1) is 0 Å². The van der Waals surface area contributed by atoms with Crippen LogP contribution in [0.5, 0.6) is 0 Å². The van der Waals surface area contributed by atoms with Gasteiger partial charge < -0.3 is 10.6 Å². The molecular weight excluding hydrogens is 412 g/mol. The van der Waals surface area contributed by atoms with Crippen molar-refractivity contribution in [2.45, 2.75) is 82.6 Å². The lowest BCUT2D eigenvalue weighted by molar-refractivity contribution is -0.122. The van der Waals surface area contributed by atoms with Gasteiger partial charge in [-0.2, -0.15) is 0 Å². The molecule has 1 atom stereocenters. The number of hydrogen-bond donors (Lipinski definition) is 2. The maximum atomic E-state index is 13.1. The smallest absolute Gasteiger partial charge is 0.262 e. The molecular formula is C23H32N4O3S. The first-order valence-corrected chi connectivity index (χ1v) is 12.2. The first-order valence-electron chi connectivity index (χ1n) is 11.2. The summed E-state index contributed by atoms with van der Waals surface area (Å²) in [5.74, 6) is 0.0319. The van der Waals surface area contributed by atoms with Crippen LogP contribution >= 0.6 is 11.8 Å². The van der Waals surface area contributed by atoms with Crippen molar-refractivity contribution in [1.82, 2.24) is 20.2 Å². The van der Waals surface area contributed by atoms with Crippen LogP contribution in [-0.4, -0.2) is 39.2 Å². The van der Waals surface area contributed by atoms with E-state index in [0.717, 1.165) is 32.1 Å². The summed E-state index contributed by atoms with van der Waals surface area (Å²) in [5.41, 5.74) is 0.418. The van der Waals surface area contributed by atoms with Crippen molar-refractivity contribution in [1.29, 1.82) is 0 Å². The lowest BCUT2D eigenvalue weighted by Gasteiger charge is -2.23. The molecule has 0 unspecified atom stereocenters. The van der Waals surface area contributed by atoms with E-state index in [9.17, 15) is 14.4 Å². The van der Waals surface area contributed by atoms with Crippen molar-refractivity contribution in [3.8, 4) is 0 Å². The van der Waals surface area contributed by atoms with Crippen LogP contribution in [0.2, 0.25) is 0 Å². The van der Waals surface area contributed by atoms with E-state index >= 15 is 0 Å². The number of carbonyl (C=O) groups is 2. The Morgan fingerprint density at radius 3 is 2.68 bits per heavy atom. The number of aromatic nitrogens is 2. The normalized spacial score (nSPS) is 15.5. The van der Waals surface area contributed by atoms with Crippen LogP contribution in [0.1, 0.15) is 58.8 Å². The zero-order valence-corrected chi connectivity index (χ0v) is 19.2. The summed E-state index contributed by atoms with van der Waals surface area (Å²) in [4.78, 5) is 42.4. The zero-order valence-electron chi connectivity index (χ0n) is 18.4. The summed E-state index contributed by atoms with van der Waals surface area (Å²) in [6, 6.07) is 7.51. The number of para-hydroxylation sites is 1. The van der Waals surface area contributed by atoms with E-state index in [-0.39, 0.29) is 48.2 Å². The molecule has 1 heterocycles. The molecule has 1 aromatic heterocycles. The molecule has 0 spiro atoms. The molecule has 0 radical (unpaired) electrons. The Labute approximate surface area is 187 Å². The van der Waals surface area contributed by atoms with E-state index < -0.39 is 0 Å². The molecule has 31 heavy (non-hydrogen) atoms. The van der Waals surface area contributed by atoms with Gasteiger partial charge >= 0.3 is 0 Å². The third-order valence-electron chi connectivity index (χ3n) is 5.71. The molecule has 0 bridgehead atoms. The monoisotopic (exact) mass is 444 g/mol. The fraction of sp³-hybridized carbons (Fsp3) is 0.565. The second-order valence-electron chi connectivity index (χ2n) is 8.19. The average Bonchev–Trinajstić information content (AvgIpc) is 2.77. The van der Waals surface area contributed by atoms with Crippen LogP contribution in [0.3, 0.4) is 0 Å². The number of amides is 2. The van der Waals surface area contributed by atoms with Gasteiger partial charge in [-0.25, -0.2) is 4.98 Å². The Kier molecular flexibility index (Phi) is 8.51. The highest BCUT2D eigenvalue weighted by atomic mass is 32.2. The van der Waals surface area contributed by atoms with Gasteiger partial charge in [0.2, 0.25) is 11.8 Å². The highest BCUT2D eigenvalue weighted by Crippen LogP contribution is 2.19. The quantitative estimate of drug-likeness (QED) is 0.457. The van der Waals surface area contributed by atoms with Crippen LogP contribution in [0.4, 0.5) is 0 Å². The molecule has 2 N–H and O–H groups in total. The molecule has 1 aliphatic rings. The van der Waals surface area contributed by atoms with Crippen LogP contribution < -0.4 is 16.2 Å². The highest BCUT2D eigenvalue weighted by Gasteiger charge is 2.18. The second kappa shape index (κ2) is 11.3. The van der Waals surface area contributed by atoms with Crippen LogP contribution in [-0.2, 0) is 16.1 Å². The van der Waals surface area contributed by atoms with Gasteiger partial charge in [-0.15, -0.1) is 0 Å². The Morgan fingerprint density at radius 2 is 1.94 bits per heavy atom. The van der Waals surface area contributed by atoms with Gasteiger partial charge in [0.1, 0.15) is 0 Å². The van der Waals surface area contributed by atoms with Gasteiger partial charge in [0, 0.05) is 25.0 Å². The fourth-order valence-electron chi connectivity index (χ4n) is 3.76. The molecule has 1 saturated carbocycles. The van der Waals surface area contributed by atoms with Crippen molar-refractivity contribution in [2.75, 3.05) is 5.75 Å². The number of benzene rings is 1. The van der Waals surface area contributed by atoms with Gasteiger partial charge in [-0.05, 0) is 38.3 Å². The van der Waals surface area contributed by atoms with Gasteiger partial charge in [0.25, 0.3) is 5.56 Å². The molecule has 1 aromatic carbocycles. The van der Waals surface area contributed by atoms with Crippen LogP contribution in [0.25, 0.3) is 10.9 Å². The predicted octanol–water partition coefficient (Wildman–Crippen LogP) is 3.24. The summed E-state index contributed by atoms with van der Waals surface area (Å²) in [6.45, 7) is 4.21. The lowest BCUT2D eigenvalue weighted by atomic mass is 9.95. The number of hydrogen-bond acceptors (Lipinski definition) is 5. The minimum atomic E-state index is -0.180. The highest BCUT2D eigenvalue weighted by molar-refractivity contribution is 7.99. The zero-order chi connectivity index (χ0) is 22.2. The van der Waals surface area contributed by atoms with Crippen LogP contribution in [0.15, 0.2) is 34.2 Å². The minimum Gasteiger partial charge on any atom is -0.353 e. The third kappa shape index (κ3) is 6.56. The number of carbonyl (C=O) groups excluding carboxylic acids is 2. The van der Waals surface area contributed by atoms with Crippen molar-refractivity contribution < 1.29 is 9.59 Å². The van der Waals surface area contributed by atoms with Crippen molar-refractivity contribution in [3.63, 3.8) is 0 Å². The van der Waals surface area contributed by atoms with E-state index in [1.165, 1.54) is 22.7 Å². The van der Waals surface area contributed by atoms with Crippen molar-refractivity contribution in [2.24, 2.45) is 0 Å². The summed E-state index contributed by atoms with van der Waals surface area (Å²) in [6.07, 6.45) is 6.65. The molecule has 8 heteroatoms. The SMILES string of the molecule is CC[C@H](C)NC(=O)CSc1nc2ccccc2c(=O)n1CCC(=O)NC1CCCCC1. The summed E-state index contributed by atoms with van der Waals surface area (Å²) < 4.78 is 1.53. The molecule has 1 fully saturated rings. The molecule has 2 aromatic rings. The molecule has 168 valence electrons. The first-order chi connectivity index (χ1) is 15.0. The van der Waals surface area contributed by atoms with Crippen molar-refractivity contribution >= 4 is 34.5 Å². The predicted molar refractivity (Wildman–Crippen MR) is 124 cm³/mol. The molecule has 2 amide bonds. The Bertz CT molecular complexity index is 969. The van der Waals surface area contributed by atoms with E-state index in [1.807, 2.05) is 19.9 Å². The average molecular weight is 445 g/mol. The Balaban J connectivity index is 1.73. The van der Waals surface area contributed by atoms with Gasteiger partial charge in [-0.1, -0.05) is 50.1 Å². The van der Waals surface area contributed by atoms with Gasteiger partial charge in [0.05, 0.1) is 16.7 Å². The van der Waals surface area contributed by atoms with Gasteiger partial charge in [0.15, 0.2) is 5.16 Å². The van der Waals surface area contributed by atoms with E-state index in [2.05, 4.69) is 15.6 Å². The lowest BCUT2D eigenvalue weighted by Crippen LogP contribution is -2.37. The number of thioether (sulfide) groups is 1. The minimum absolute atomic E-state index is 0.0441. The van der Waals surface area contributed by atoms with E-state index in [0.29, 0.717) is 16.1 Å². The molecule has 7 nitrogen and oxygen atoms in total. The Morgan fingerprint density at radius 1 is 1.19 bits per heavy atom. The summed E-state index contributed by atoms with van der Waals surface area (Å²) in [5, 5.41) is 7.01. The summed E-state index contributed by atoms with van der Waals surface area (Å²) in [7, 11) is 0. The summed E-state index contributed by atoms with van der Waals surface area (Å²) >= 11 is 1.23. The topological polar surface area (TPSA) is 93.1 Å². The standard InChI is InChI=1S/C23H32N4O3S/c1-3-16(2)24-21(29)15-31-23-26-19-12-8-7-11-18(19)22(30)27(23)14-13-20(28)25-17-9-5-4-6-10-17/h7-8,11-12,16-17H,3-6,9-10,13-15H2,1-2H3,(H,24,29)(H,25,28)/t16-/m0/s1. The van der Waals surface area contributed by atoms with E-state index in [1.54, 1.807) is 18.2 Å². The number of nitrogens with zero attached hydrogens (tertiary/aromatic N) is 2. The van der Waals surface area contributed by atoms with Crippen molar-refractivity contribution in [3.05, 3.63) is 34.6 Å². The number of fused-ring (bicyclic) bond motifs is 1. The fourth-order valence-corrected chi connectivity index (χ4v) is 4.60. The first kappa shape index (κ1) is 23.3. The third-order valence-corrected chi connectivity index (χ3v) is 6.69. The maximum Gasteiger partial charge on any atom is 0.262 e. The molecule has 0 saturated heterocycles. The maximum absolute atomic E-state index is 13.1. The number of rotatable bonds is 9. The largest absolute Gasteiger partial charge is 0.353 e. The second-order valence-corrected chi connectivity index (χ2v) is 9.13. The van der Waals surface area contributed by atoms with E-state index in [4.69, 9.17) is 0 Å². The molecule has 3 rings (SSSR count). The number of nitrogens with one attached hydrogen (secondary N) is 2. The molecule has 1 aliphatic carbocycles. The Hall–Kier alpha value is -2.35.